The molecule has 29 heavy (non-hydrogen) atoms. The number of carbonyl (C=O) groups excluding carboxylic acids is 1. The first-order valence-corrected chi connectivity index (χ1v) is 9.69. The number of halogens is 2. The van der Waals surface area contributed by atoms with Crippen molar-refractivity contribution in [1.29, 1.82) is 0 Å². The molecular weight excluding hydrogens is 372 g/mol. The van der Waals surface area contributed by atoms with Crippen LogP contribution >= 0.6 is 0 Å². The van der Waals surface area contributed by atoms with Gasteiger partial charge in [0, 0.05) is 23.1 Å². The van der Waals surface area contributed by atoms with Gasteiger partial charge in [0.15, 0.2) is 0 Å². The van der Waals surface area contributed by atoms with E-state index in [1.54, 1.807) is 0 Å². The summed E-state index contributed by atoms with van der Waals surface area (Å²) in [7, 11) is 0. The van der Waals surface area contributed by atoms with Crippen LogP contribution in [0.3, 0.4) is 0 Å². The number of aromatic nitrogens is 2. The summed E-state index contributed by atoms with van der Waals surface area (Å²) in [5.74, 6) is -1.84. The second-order valence-electron chi connectivity index (χ2n) is 8.57. The molecule has 1 heterocycles. The van der Waals surface area contributed by atoms with Gasteiger partial charge in [-0.2, -0.15) is 5.10 Å². The Labute approximate surface area is 168 Å². The van der Waals surface area contributed by atoms with Crippen molar-refractivity contribution in [3.63, 3.8) is 0 Å². The van der Waals surface area contributed by atoms with Crippen LogP contribution in [0.1, 0.15) is 61.1 Å². The Morgan fingerprint density at radius 1 is 1.07 bits per heavy atom. The lowest BCUT2D eigenvalue weighted by molar-refractivity contribution is 0.102. The molecule has 6 heteroatoms. The van der Waals surface area contributed by atoms with E-state index in [2.05, 4.69) is 36.3 Å². The van der Waals surface area contributed by atoms with E-state index in [1.807, 2.05) is 24.3 Å². The third-order valence-electron chi connectivity index (χ3n) is 5.17. The molecular formula is C23H23F2N3O. The topological polar surface area (TPSA) is 57.8 Å². The molecule has 2 N–H and O–H groups in total. The number of hydrogen-bond acceptors (Lipinski definition) is 2. The highest BCUT2D eigenvalue weighted by atomic mass is 19.1. The molecule has 0 aliphatic heterocycles. The minimum absolute atomic E-state index is 0.0295. The van der Waals surface area contributed by atoms with Gasteiger partial charge in [0.1, 0.15) is 17.3 Å². The van der Waals surface area contributed by atoms with Crippen molar-refractivity contribution in [2.45, 2.75) is 44.9 Å². The van der Waals surface area contributed by atoms with Crippen LogP contribution in [0.5, 0.6) is 0 Å². The Kier molecular flexibility index (Phi) is 4.73. The zero-order valence-corrected chi connectivity index (χ0v) is 16.6. The smallest absolute Gasteiger partial charge is 0.255 e. The first-order chi connectivity index (χ1) is 13.7. The van der Waals surface area contributed by atoms with Gasteiger partial charge in [-0.15, -0.1) is 0 Å². The summed E-state index contributed by atoms with van der Waals surface area (Å²) in [5, 5.41) is 10.3. The average molecular weight is 395 g/mol. The number of anilines is 1. The average Bonchev–Trinajstić information content (AvgIpc) is 3.41. The molecule has 2 aromatic carbocycles. The number of aromatic amines is 1. The van der Waals surface area contributed by atoms with Gasteiger partial charge in [-0.3, -0.25) is 9.89 Å². The lowest BCUT2D eigenvalue weighted by Crippen LogP contribution is -2.14. The fraction of sp³-hybridized carbons (Fsp3) is 0.304. The second kappa shape index (κ2) is 7.10. The fourth-order valence-corrected chi connectivity index (χ4v) is 3.36. The number of H-pyrrole nitrogens is 1. The van der Waals surface area contributed by atoms with E-state index in [4.69, 9.17) is 0 Å². The molecule has 0 atom stereocenters. The van der Waals surface area contributed by atoms with Crippen molar-refractivity contribution >= 4 is 11.6 Å². The Morgan fingerprint density at radius 2 is 1.69 bits per heavy atom. The molecule has 0 unspecified atom stereocenters. The number of carbonyl (C=O) groups is 1. The van der Waals surface area contributed by atoms with E-state index in [0.717, 1.165) is 42.3 Å². The van der Waals surface area contributed by atoms with Crippen molar-refractivity contribution in [2.24, 2.45) is 0 Å². The molecule has 1 aliphatic carbocycles. The van der Waals surface area contributed by atoms with Crippen LogP contribution in [-0.2, 0) is 5.41 Å². The van der Waals surface area contributed by atoms with Gasteiger partial charge in [0.25, 0.3) is 5.91 Å². The van der Waals surface area contributed by atoms with Crippen LogP contribution in [0.15, 0.2) is 42.5 Å². The lowest BCUT2D eigenvalue weighted by Gasteiger charge is -2.19. The third-order valence-corrected chi connectivity index (χ3v) is 5.17. The minimum atomic E-state index is -0.789. The van der Waals surface area contributed by atoms with Crippen LogP contribution < -0.4 is 5.32 Å². The number of rotatable bonds is 4. The van der Waals surface area contributed by atoms with Crippen LogP contribution in [-0.4, -0.2) is 16.1 Å². The number of nitrogens with zero attached hydrogens (tertiary/aromatic N) is 1. The predicted molar refractivity (Wildman–Crippen MR) is 109 cm³/mol. The van der Waals surface area contributed by atoms with E-state index in [-0.39, 0.29) is 11.0 Å². The Balaban J connectivity index is 1.69. The second-order valence-corrected chi connectivity index (χ2v) is 8.57. The predicted octanol–water partition coefficient (Wildman–Crippen LogP) is 5.78. The van der Waals surface area contributed by atoms with Gasteiger partial charge in [-0.1, -0.05) is 45.0 Å². The largest absolute Gasteiger partial charge is 0.319 e. The van der Waals surface area contributed by atoms with Crippen molar-refractivity contribution in [3.8, 4) is 11.3 Å². The Hall–Kier alpha value is -3.02. The molecule has 1 aliphatic rings. The zero-order chi connectivity index (χ0) is 20.8. The van der Waals surface area contributed by atoms with Crippen LogP contribution in [0.25, 0.3) is 11.3 Å². The molecule has 1 aromatic heterocycles. The van der Waals surface area contributed by atoms with Crippen LogP contribution in [0, 0.1) is 11.6 Å². The van der Waals surface area contributed by atoms with Gasteiger partial charge in [-0.25, -0.2) is 8.78 Å². The van der Waals surface area contributed by atoms with Gasteiger partial charge < -0.3 is 5.32 Å². The van der Waals surface area contributed by atoms with Gasteiger partial charge in [-0.05, 0) is 36.0 Å². The molecule has 1 saturated carbocycles. The summed E-state index contributed by atoms with van der Waals surface area (Å²) in [5.41, 5.74) is 4.07. The van der Waals surface area contributed by atoms with Crippen molar-refractivity contribution in [3.05, 3.63) is 70.9 Å². The Morgan fingerprint density at radius 3 is 2.24 bits per heavy atom. The summed E-state index contributed by atoms with van der Waals surface area (Å²) in [6.45, 7) is 6.43. The standard InChI is InChI=1S/C23H23F2N3O/c1-23(2,3)16-8-6-14(7-9-16)20-21(19(27-28-20)13-4-5-13)26-22(29)15-10-17(24)12-18(25)11-15/h6-13H,4-5H2,1-3H3,(H,26,29)(H,27,28). The monoisotopic (exact) mass is 395 g/mol. The Bertz CT molecular complexity index is 1040. The number of hydrogen-bond donors (Lipinski definition) is 2. The molecule has 0 spiro atoms. The van der Waals surface area contributed by atoms with Crippen LogP contribution in [0.2, 0.25) is 0 Å². The normalized spacial score (nSPS) is 14.1. The third kappa shape index (κ3) is 4.06. The summed E-state index contributed by atoms with van der Waals surface area (Å²) in [6, 6.07) is 10.8. The summed E-state index contributed by atoms with van der Waals surface area (Å²) in [6.07, 6.45) is 2.03. The quantitative estimate of drug-likeness (QED) is 0.588. The minimum Gasteiger partial charge on any atom is -0.319 e. The molecule has 3 aromatic rings. The van der Waals surface area contributed by atoms with E-state index in [9.17, 15) is 13.6 Å². The molecule has 4 nitrogen and oxygen atoms in total. The molecule has 1 fully saturated rings. The fourth-order valence-electron chi connectivity index (χ4n) is 3.36. The highest BCUT2D eigenvalue weighted by Gasteiger charge is 2.31. The molecule has 150 valence electrons. The number of nitrogens with one attached hydrogen (secondary N) is 2. The molecule has 0 radical (unpaired) electrons. The molecule has 0 saturated heterocycles. The molecule has 4 rings (SSSR count). The van der Waals surface area contributed by atoms with E-state index < -0.39 is 17.5 Å². The molecule has 0 bridgehead atoms. The van der Waals surface area contributed by atoms with Gasteiger partial charge >= 0.3 is 0 Å². The van der Waals surface area contributed by atoms with Crippen molar-refractivity contribution in [1.82, 2.24) is 10.2 Å². The van der Waals surface area contributed by atoms with Gasteiger partial charge in [0.2, 0.25) is 0 Å². The first-order valence-electron chi connectivity index (χ1n) is 9.69. The highest BCUT2D eigenvalue weighted by Crippen LogP contribution is 2.45. The highest BCUT2D eigenvalue weighted by molar-refractivity contribution is 6.06. The number of amides is 1. The maximum Gasteiger partial charge on any atom is 0.255 e. The first kappa shape index (κ1) is 19.3. The van der Waals surface area contributed by atoms with E-state index in [1.165, 1.54) is 5.56 Å². The van der Waals surface area contributed by atoms with Gasteiger partial charge in [0.05, 0.1) is 11.4 Å². The molecule has 1 amide bonds. The zero-order valence-electron chi connectivity index (χ0n) is 16.6. The summed E-state index contributed by atoms with van der Waals surface area (Å²) < 4.78 is 27.0. The lowest BCUT2D eigenvalue weighted by atomic mass is 9.86. The van der Waals surface area contributed by atoms with E-state index >= 15 is 0 Å². The van der Waals surface area contributed by atoms with Crippen molar-refractivity contribution < 1.29 is 13.6 Å². The van der Waals surface area contributed by atoms with Crippen LogP contribution in [0.4, 0.5) is 14.5 Å². The summed E-state index contributed by atoms with van der Waals surface area (Å²) in [4.78, 5) is 12.7. The SMILES string of the molecule is CC(C)(C)c1ccc(-c2n[nH]c(C3CC3)c2NC(=O)c2cc(F)cc(F)c2)cc1. The van der Waals surface area contributed by atoms with Crippen molar-refractivity contribution in [2.75, 3.05) is 5.32 Å². The summed E-state index contributed by atoms with van der Waals surface area (Å²) >= 11 is 0. The maximum atomic E-state index is 13.5. The maximum absolute atomic E-state index is 13.5. The van der Waals surface area contributed by atoms with E-state index in [0.29, 0.717) is 17.3 Å². The number of benzene rings is 2.